The Kier molecular flexibility index (Phi) is 5.60. The van der Waals surface area contributed by atoms with Crippen molar-refractivity contribution in [3.05, 3.63) is 60.4 Å². The number of fused-ring (bicyclic) bond motifs is 1. The van der Waals surface area contributed by atoms with Crippen LogP contribution in [0.15, 0.2) is 54.7 Å². The van der Waals surface area contributed by atoms with E-state index in [-0.39, 0.29) is 0 Å². The second-order valence-corrected chi connectivity index (χ2v) is 6.17. The van der Waals surface area contributed by atoms with E-state index in [1.807, 2.05) is 75.5 Å². The first kappa shape index (κ1) is 18.7. The van der Waals surface area contributed by atoms with Crippen molar-refractivity contribution in [2.45, 2.75) is 20.8 Å². The van der Waals surface area contributed by atoms with Gasteiger partial charge in [-0.25, -0.2) is 0 Å². The Bertz CT molecular complexity index is 953. The lowest BCUT2D eigenvalue weighted by atomic mass is 10.0. The Morgan fingerprint density at radius 2 is 1.70 bits per heavy atom. The predicted molar refractivity (Wildman–Crippen MR) is 106 cm³/mol. The van der Waals surface area contributed by atoms with E-state index in [1.54, 1.807) is 9.30 Å². The summed E-state index contributed by atoms with van der Waals surface area (Å²) in [5.41, 5.74) is 2.89. The van der Waals surface area contributed by atoms with Gasteiger partial charge in [0.1, 0.15) is 11.4 Å². The lowest BCUT2D eigenvalue weighted by Gasteiger charge is -2.18. The monoisotopic (exact) mass is 364 g/mol. The third-order valence-electron chi connectivity index (χ3n) is 4.62. The number of hydrogen-bond donors (Lipinski definition) is 0. The van der Waals surface area contributed by atoms with Crippen molar-refractivity contribution in [1.82, 2.24) is 9.30 Å². The van der Waals surface area contributed by atoms with Crippen LogP contribution in [0.4, 0.5) is 0 Å². The highest BCUT2D eigenvalue weighted by Crippen LogP contribution is 2.30. The maximum atomic E-state index is 13.1. The molecule has 3 aromatic rings. The standard InChI is InChI=1S/C22H24N2O3/c1-4-23(5-2)22(26)21(25)20-19(15-17-9-7-8-14-24(17)20)16-10-12-18(13-11-16)27-6-3/h7-15H,4-6H2,1-3H3. The summed E-state index contributed by atoms with van der Waals surface area (Å²) in [6.45, 7) is 7.28. The number of carbonyl (C=O) groups excluding carboxylic acids is 2. The van der Waals surface area contributed by atoms with Crippen molar-refractivity contribution in [2.24, 2.45) is 0 Å². The summed E-state index contributed by atoms with van der Waals surface area (Å²) in [5.74, 6) is -0.193. The maximum Gasteiger partial charge on any atom is 0.296 e. The number of rotatable bonds is 7. The lowest BCUT2D eigenvalue weighted by Crippen LogP contribution is -2.36. The van der Waals surface area contributed by atoms with E-state index in [9.17, 15) is 9.59 Å². The molecule has 1 aromatic carbocycles. The summed E-state index contributed by atoms with van der Waals surface area (Å²) in [4.78, 5) is 27.4. The number of likely N-dealkylation sites (N-methyl/N-ethyl adjacent to an activating group) is 1. The van der Waals surface area contributed by atoms with E-state index in [4.69, 9.17) is 4.74 Å². The van der Waals surface area contributed by atoms with Crippen LogP contribution in [0, 0.1) is 0 Å². The summed E-state index contributed by atoms with van der Waals surface area (Å²) in [6, 6.07) is 15.2. The topological polar surface area (TPSA) is 51.0 Å². The molecule has 0 unspecified atom stereocenters. The fourth-order valence-corrected chi connectivity index (χ4v) is 3.23. The number of amides is 1. The highest BCUT2D eigenvalue weighted by atomic mass is 16.5. The number of benzene rings is 1. The lowest BCUT2D eigenvalue weighted by molar-refractivity contribution is -0.126. The SMILES string of the molecule is CCOc1ccc(-c2cc3ccccn3c2C(=O)C(=O)N(CC)CC)cc1. The molecule has 5 heteroatoms. The first-order chi connectivity index (χ1) is 13.1. The highest BCUT2D eigenvalue weighted by Gasteiger charge is 2.27. The maximum absolute atomic E-state index is 13.1. The van der Waals surface area contributed by atoms with Crippen LogP contribution < -0.4 is 4.74 Å². The van der Waals surface area contributed by atoms with Gasteiger partial charge in [0.05, 0.1) is 6.61 Å². The molecule has 0 N–H and O–H groups in total. The van der Waals surface area contributed by atoms with E-state index in [0.29, 0.717) is 25.4 Å². The minimum absolute atomic E-state index is 0.395. The summed E-state index contributed by atoms with van der Waals surface area (Å²) in [5, 5.41) is 0. The second kappa shape index (κ2) is 8.08. The molecule has 0 fully saturated rings. The zero-order valence-electron chi connectivity index (χ0n) is 15.9. The van der Waals surface area contributed by atoms with E-state index in [1.165, 1.54) is 0 Å². The Morgan fingerprint density at radius 3 is 2.33 bits per heavy atom. The molecule has 0 atom stereocenters. The van der Waals surface area contributed by atoms with Gasteiger partial charge in [0.2, 0.25) is 0 Å². The van der Waals surface area contributed by atoms with Crippen molar-refractivity contribution in [2.75, 3.05) is 19.7 Å². The first-order valence-corrected chi connectivity index (χ1v) is 9.27. The number of nitrogens with zero attached hydrogens (tertiary/aromatic N) is 2. The van der Waals surface area contributed by atoms with Crippen LogP contribution in [-0.2, 0) is 4.79 Å². The molecule has 3 rings (SSSR count). The molecule has 0 bridgehead atoms. The van der Waals surface area contributed by atoms with Crippen molar-refractivity contribution in [1.29, 1.82) is 0 Å². The van der Waals surface area contributed by atoms with Gasteiger partial charge in [0.15, 0.2) is 0 Å². The second-order valence-electron chi connectivity index (χ2n) is 6.17. The van der Waals surface area contributed by atoms with Gasteiger partial charge < -0.3 is 14.0 Å². The van der Waals surface area contributed by atoms with E-state index < -0.39 is 11.7 Å². The molecule has 0 aliphatic carbocycles. The van der Waals surface area contributed by atoms with Crippen LogP contribution >= 0.6 is 0 Å². The normalized spacial score (nSPS) is 10.8. The Labute approximate surface area is 159 Å². The van der Waals surface area contributed by atoms with Gasteiger partial charge >= 0.3 is 0 Å². The van der Waals surface area contributed by atoms with Crippen molar-refractivity contribution < 1.29 is 14.3 Å². The molecule has 0 radical (unpaired) electrons. The van der Waals surface area contributed by atoms with Crippen molar-refractivity contribution in [3.63, 3.8) is 0 Å². The van der Waals surface area contributed by atoms with E-state index in [0.717, 1.165) is 22.4 Å². The molecule has 2 aromatic heterocycles. The zero-order valence-corrected chi connectivity index (χ0v) is 15.9. The van der Waals surface area contributed by atoms with Crippen LogP contribution in [0.3, 0.4) is 0 Å². The van der Waals surface area contributed by atoms with Crippen LogP contribution in [0.2, 0.25) is 0 Å². The van der Waals surface area contributed by atoms with Gasteiger partial charge in [0.25, 0.3) is 11.7 Å². The number of Topliss-reactive ketones (excluding diaryl/α,β-unsaturated/α-hetero) is 1. The van der Waals surface area contributed by atoms with Crippen LogP contribution in [0.1, 0.15) is 31.3 Å². The molecule has 0 saturated heterocycles. The van der Waals surface area contributed by atoms with Crippen molar-refractivity contribution in [3.8, 4) is 16.9 Å². The Hall–Kier alpha value is -3.08. The van der Waals surface area contributed by atoms with Gasteiger partial charge in [-0.05, 0) is 56.7 Å². The molecule has 5 nitrogen and oxygen atoms in total. The largest absolute Gasteiger partial charge is 0.494 e. The van der Waals surface area contributed by atoms with Gasteiger partial charge in [0, 0.05) is 30.4 Å². The molecule has 27 heavy (non-hydrogen) atoms. The number of carbonyl (C=O) groups is 2. The first-order valence-electron chi connectivity index (χ1n) is 9.27. The molecule has 1 amide bonds. The third-order valence-corrected chi connectivity index (χ3v) is 4.62. The van der Waals surface area contributed by atoms with E-state index >= 15 is 0 Å². The summed E-state index contributed by atoms with van der Waals surface area (Å²) in [7, 11) is 0. The summed E-state index contributed by atoms with van der Waals surface area (Å²) < 4.78 is 7.29. The van der Waals surface area contributed by atoms with Gasteiger partial charge in [-0.1, -0.05) is 18.2 Å². The quantitative estimate of drug-likeness (QED) is 0.469. The van der Waals surface area contributed by atoms with Gasteiger partial charge in [-0.3, -0.25) is 9.59 Å². The molecular formula is C22H24N2O3. The molecule has 0 aliphatic heterocycles. The molecule has 0 spiro atoms. The fourth-order valence-electron chi connectivity index (χ4n) is 3.23. The molecular weight excluding hydrogens is 340 g/mol. The molecule has 2 heterocycles. The summed E-state index contributed by atoms with van der Waals surface area (Å²) >= 11 is 0. The summed E-state index contributed by atoms with van der Waals surface area (Å²) in [6.07, 6.45) is 1.82. The van der Waals surface area contributed by atoms with Crippen LogP contribution in [0.25, 0.3) is 16.6 Å². The average molecular weight is 364 g/mol. The number of ketones is 1. The number of ether oxygens (including phenoxy) is 1. The van der Waals surface area contributed by atoms with Crippen molar-refractivity contribution >= 4 is 17.2 Å². The highest BCUT2D eigenvalue weighted by molar-refractivity contribution is 6.43. The minimum atomic E-state index is -0.492. The third kappa shape index (κ3) is 3.58. The Balaban J connectivity index is 2.12. The fraction of sp³-hybridized carbons (Fsp3) is 0.273. The molecule has 0 saturated carbocycles. The minimum Gasteiger partial charge on any atom is -0.494 e. The van der Waals surface area contributed by atoms with Crippen LogP contribution in [-0.4, -0.2) is 40.7 Å². The van der Waals surface area contributed by atoms with Gasteiger partial charge in [-0.2, -0.15) is 0 Å². The average Bonchev–Trinajstić information content (AvgIpc) is 3.08. The van der Waals surface area contributed by atoms with Gasteiger partial charge in [-0.15, -0.1) is 0 Å². The zero-order chi connectivity index (χ0) is 19.4. The number of hydrogen-bond acceptors (Lipinski definition) is 3. The number of pyridine rings is 1. The predicted octanol–water partition coefficient (Wildman–Crippen LogP) is 4.06. The smallest absolute Gasteiger partial charge is 0.296 e. The van der Waals surface area contributed by atoms with Crippen LogP contribution in [0.5, 0.6) is 5.75 Å². The Morgan fingerprint density at radius 1 is 1.00 bits per heavy atom. The molecule has 0 aliphatic rings. The molecule has 140 valence electrons. The van der Waals surface area contributed by atoms with E-state index in [2.05, 4.69) is 0 Å². The number of aromatic nitrogens is 1.